The number of pyridine rings is 1. The third-order valence-corrected chi connectivity index (χ3v) is 2.56. The molecule has 88 valence electrons. The van der Waals surface area contributed by atoms with Crippen molar-refractivity contribution in [1.29, 1.82) is 0 Å². The number of ether oxygens (including phenoxy) is 1. The molecule has 17 heavy (non-hydrogen) atoms. The van der Waals surface area contributed by atoms with Crippen molar-refractivity contribution in [2.24, 2.45) is 0 Å². The number of hydrogen-bond acceptors (Lipinski definition) is 3. The topological polar surface area (TPSA) is 48.1 Å². The van der Waals surface area contributed by atoms with E-state index in [0.29, 0.717) is 19.0 Å². The first-order chi connectivity index (χ1) is 8.36. The maximum atomic E-state index is 5.72. The Hall–Kier alpha value is -1.87. The zero-order valence-electron chi connectivity index (χ0n) is 9.67. The van der Waals surface area contributed by atoms with Crippen LogP contribution in [0, 0.1) is 0 Å². The Morgan fingerprint density at radius 3 is 2.65 bits per heavy atom. The third kappa shape index (κ3) is 3.57. The molecule has 1 heterocycles. The lowest BCUT2D eigenvalue weighted by atomic mass is 10.2. The van der Waals surface area contributed by atoms with E-state index in [1.54, 1.807) is 6.20 Å². The minimum atomic E-state index is 0.520. The molecule has 2 N–H and O–H groups in total. The van der Waals surface area contributed by atoms with Crippen LogP contribution >= 0.6 is 0 Å². The highest BCUT2D eigenvalue weighted by Gasteiger charge is 1.99. The molecular weight excluding hydrogens is 212 g/mol. The molecule has 2 aromatic rings. The smallest absolute Gasteiger partial charge is 0.128 e. The van der Waals surface area contributed by atoms with Gasteiger partial charge in [0.25, 0.3) is 0 Å². The van der Waals surface area contributed by atoms with E-state index in [2.05, 4.69) is 17.1 Å². The number of aromatic nitrogens is 1. The zero-order valence-corrected chi connectivity index (χ0v) is 9.67. The zero-order chi connectivity index (χ0) is 11.9. The first-order valence-corrected chi connectivity index (χ1v) is 5.67. The second-order valence-electron chi connectivity index (χ2n) is 3.84. The van der Waals surface area contributed by atoms with Crippen LogP contribution in [0.5, 0.6) is 0 Å². The van der Waals surface area contributed by atoms with Gasteiger partial charge in [0.1, 0.15) is 5.82 Å². The van der Waals surface area contributed by atoms with Gasteiger partial charge in [0, 0.05) is 11.8 Å². The quantitative estimate of drug-likeness (QED) is 0.799. The van der Waals surface area contributed by atoms with Crippen molar-refractivity contribution >= 4 is 5.82 Å². The van der Waals surface area contributed by atoms with E-state index in [9.17, 15) is 0 Å². The van der Waals surface area contributed by atoms with Crippen LogP contribution in [0.15, 0.2) is 48.7 Å². The van der Waals surface area contributed by atoms with Gasteiger partial charge in [-0.3, -0.25) is 0 Å². The lowest BCUT2D eigenvalue weighted by Gasteiger charge is -2.06. The Balaban J connectivity index is 1.76. The van der Waals surface area contributed by atoms with Crippen LogP contribution in [-0.4, -0.2) is 11.6 Å². The van der Waals surface area contributed by atoms with Crippen molar-refractivity contribution in [2.45, 2.75) is 13.0 Å². The van der Waals surface area contributed by atoms with E-state index in [1.807, 2.05) is 30.3 Å². The molecule has 0 bridgehead atoms. The SMILES string of the molecule is Nc1ncccc1COCCc1ccccc1. The maximum absolute atomic E-state index is 5.72. The number of anilines is 1. The van der Waals surface area contributed by atoms with Gasteiger partial charge < -0.3 is 10.5 Å². The van der Waals surface area contributed by atoms with Crippen LogP contribution in [0.3, 0.4) is 0 Å². The van der Waals surface area contributed by atoms with Gasteiger partial charge in [-0.15, -0.1) is 0 Å². The predicted molar refractivity (Wildman–Crippen MR) is 68.5 cm³/mol. The highest BCUT2D eigenvalue weighted by atomic mass is 16.5. The molecule has 0 atom stereocenters. The Labute approximate surface area is 101 Å². The van der Waals surface area contributed by atoms with Crippen LogP contribution in [0.1, 0.15) is 11.1 Å². The lowest BCUT2D eigenvalue weighted by molar-refractivity contribution is 0.124. The molecule has 0 unspecified atom stereocenters. The van der Waals surface area contributed by atoms with E-state index < -0.39 is 0 Å². The van der Waals surface area contributed by atoms with E-state index in [1.165, 1.54) is 5.56 Å². The largest absolute Gasteiger partial charge is 0.383 e. The standard InChI is InChI=1S/C14H16N2O/c15-14-13(7-4-9-16-14)11-17-10-8-12-5-2-1-3-6-12/h1-7,9H,8,10-11H2,(H2,15,16). The number of nitrogens with zero attached hydrogens (tertiary/aromatic N) is 1. The molecule has 2 rings (SSSR count). The predicted octanol–water partition coefficient (Wildman–Crippen LogP) is 2.42. The first-order valence-electron chi connectivity index (χ1n) is 5.67. The summed E-state index contributed by atoms with van der Waals surface area (Å²) in [6.07, 6.45) is 2.60. The van der Waals surface area contributed by atoms with Crippen LogP contribution < -0.4 is 5.73 Å². The van der Waals surface area contributed by atoms with Crippen molar-refractivity contribution in [2.75, 3.05) is 12.3 Å². The Morgan fingerprint density at radius 1 is 1.06 bits per heavy atom. The summed E-state index contributed by atoms with van der Waals surface area (Å²) in [5.74, 6) is 0.548. The summed E-state index contributed by atoms with van der Waals surface area (Å²) in [6, 6.07) is 14.1. The minimum absolute atomic E-state index is 0.520. The van der Waals surface area contributed by atoms with Crippen LogP contribution in [0.2, 0.25) is 0 Å². The summed E-state index contributed by atoms with van der Waals surface area (Å²) >= 11 is 0. The lowest BCUT2D eigenvalue weighted by Crippen LogP contribution is -2.02. The molecule has 0 radical (unpaired) electrons. The van der Waals surface area contributed by atoms with E-state index in [-0.39, 0.29) is 0 Å². The van der Waals surface area contributed by atoms with Crippen LogP contribution in [-0.2, 0) is 17.8 Å². The van der Waals surface area contributed by atoms with Gasteiger partial charge in [-0.2, -0.15) is 0 Å². The summed E-state index contributed by atoms with van der Waals surface area (Å²) in [5.41, 5.74) is 7.95. The number of hydrogen-bond donors (Lipinski definition) is 1. The molecule has 3 nitrogen and oxygen atoms in total. The average molecular weight is 228 g/mol. The average Bonchev–Trinajstić information content (AvgIpc) is 2.38. The fraction of sp³-hybridized carbons (Fsp3) is 0.214. The summed E-state index contributed by atoms with van der Waals surface area (Å²) in [4.78, 5) is 4.01. The molecule has 0 aliphatic rings. The number of nitrogen functional groups attached to an aromatic ring is 1. The summed E-state index contributed by atoms with van der Waals surface area (Å²) in [7, 11) is 0. The second-order valence-corrected chi connectivity index (χ2v) is 3.84. The Kier molecular flexibility index (Phi) is 4.11. The first kappa shape index (κ1) is 11.6. The van der Waals surface area contributed by atoms with Gasteiger partial charge in [-0.25, -0.2) is 4.98 Å². The van der Waals surface area contributed by atoms with Gasteiger partial charge >= 0.3 is 0 Å². The molecule has 0 amide bonds. The van der Waals surface area contributed by atoms with Gasteiger partial charge in [-0.05, 0) is 18.1 Å². The van der Waals surface area contributed by atoms with Gasteiger partial charge in [0.05, 0.1) is 13.2 Å². The summed E-state index contributed by atoms with van der Waals surface area (Å²) in [6.45, 7) is 1.21. The third-order valence-electron chi connectivity index (χ3n) is 2.56. The fourth-order valence-electron chi connectivity index (χ4n) is 1.59. The molecule has 0 saturated heterocycles. The molecule has 0 saturated carbocycles. The molecule has 1 aromatic heterocycles. The summed E-state index contributed by atoms with van der Waals surface area (Å²) < 4.78 is 5.58. The Morgan fingerprint density at radius 2 is 1.88 bits per heavy atom. The molecular formula is C14H16N2O. The van der Waals surface area contributed by atoms with E-state index in [0.717, 1.165) is 12.0 Å². The molecule has 0 aliphatic carbocycles. The van der Waals surface area contributed by atoms with Crippen molar-refractivity contribution in [3.05, 3.63) is 59.8 Å². The molecule has 0 spiro atoms. The highest BCUT2D eigenvalue weighted by Crippen LogP contribution is 2.08. The van der Waals surface area contributed by atoms with E-state index in [4.69, 9.17) is 10.5 Å². The monoisotopic (exact) mass is 228 g/mol. The van der Waals surface area contributed by atoms with Crippen molar-refractivity contribution in [3.8, 4) is 0 Å². The molecule has 0 fully saturated rings. The number of rotatable bonds is 5. The van der Waals surface area contributed by atoms with Crippen molar-refractivity contribution < 1.29 is 4.74 Å². The molecule has 0 aliphatic heterocycles. The maximum Gasteiger partial charge on any atom is 0.128 e. The van der Waals surface area contributed by atoms with Crippen molar-refractivity contribution in [1.82, 2.24) is 4.98 Å². The highest BCUT2D eigenvalue weighted by molar-refractivity contribution is 5.37. The Bertz CT molecular complexity index is 457. The molecule has 1 aromatic carbocycles. The van der Waals surface area contributed by atoms with Gasteiger partial charge in [0.2, 0.25) is 0 Å². The number of benzene rings is 1. The number of nitrogens with two attached hydrogens (primary N) is 1. The van der Waals surface area contributed by atoms with E-state index >= 15 is 0 Å². The minimum Gasteiger partial charge on any atom is -0.383 e. The van der Waals surface area contributed by atoms with Gasteiger partial charge in [-0.1, -0.05) is 36.4 Å². The van der Waals surface area contributed by atoms with Crippen LogP contribution in [0.4, 0.5) is 5.82 Å². The van der Waals surface area contributed by atoms with Gasteiger partial charge in [0.15, 0.2) is 0 Å². The van der Waals surface area contributed by atoms with Crippen molar-refractivity contribution in [3.63, 3.8) is 0 Å². The fourth-order valence-corrected chi connectivity index (χ4v) is 1.59. The second kappa shape index (κ2) is 6.01. The van der Waals surface area contributed by atoms with Crippen LogP contribution in [0.25, 0.3) is 0 Å². The normalized spacial score (nSPS) is 10.4. The molecule has 3 heteroatoms. The summed E-state index contributed by atoms with van der Waals surface area (Å²) in [5, 5.41) is 0.